The third-order valence-corrected chi connectivity index (χ3v) is 6.06. The van der Waals surface area contributed by atoms with E-state index in [1.807, 2.05) is 25.1 Å². The van der Waals surface area contributed by atoms with Crippen molar-refractivity contribution in [2.24, 2.45) is 5.92 Å². The zero-order valence-electron chi connectivity index (χ0n) is 18.8. The van der Waals surface area contributed by atoms with Crippen LogP contribution in [0.5, 0.6) is 0 Å². The molecule has 1 fully saturated rings. The van der Waals surface area contributed by atoms with Crippen molar-refractivity contribution < 1.29 is 28.6 Å². The van der Waals surface area contributed by atoms with Crippen LogP contribution >= 0.6 is 0 Å². The number of carbonyl (C=O) groups excluding carboxylic acids is 1. The third kappa shape index (κ3) is 8.34. The molecule has 0 bridgehead atoms. The van der Waals surface area contributed by atoms with Crippen molar-refractivity contribution >= 4 is 11.9 Å². The Balaban J connectivity index is 1.81. The maximum absolute atomic E-state index is 14.0. The number of alkyl halides is 2. The Morgan fingerprint density at radius 1 is 1.19 bits per heavy atom. The normalized spacial score (nSPS) is 20.1. The van der Waals surface area contributed by atoms with Crippen molar-refractivity contribution in [1.29, 1.82) is 0 Å². The van der Waals surface area contributed by atoms with Crippen LogP contribution in [0.4, 0.5) is 8.78 Å². The van der Waals surface area contributed by atoms with Gasteiger partial charge in [0.2, 0.25) is 0 Å². The number of rotatable bonds is 14. The van der Waals surface area contributed by atoms with E-state index < -0.39 is 36.4 Å². The Hall–Kier alpha value is -2.28. The van der Waals surface area contributed by atoms with Gasteiger partial charge in [-0.25, -0.2) is 0 Å². The monoisotopic (exact) mass is 451 g/mol. The summed E-state index contributed by atoms with van der Waals surface area (Å²) in [5.41, 5.74) is 1.25. The molecule has 1 saturated heterocycles. The summed E-state index contributed by atoms with van der Waals surface area (Å²) in [6, 6.07) is 9.37. The highest BCUT2D eigenvalue weighted by atomic mass is 19.3. The molecule has 1 aliphatic rings. The first kappa shape index (κ1) is 26.0. The molecule has 1 aromatic carbocycles. The number of aryl methyl sites for hydroxylation is 1. The van der Waals surface area contributed by atoms with E-state index >= 15 is 0 Å². The average Bonchev–Trinajstić information content (AvgIpc) is 2.97. The third-order valence-electron chi connectivity index (χ3n) is 6.06. The number of hydrogen-bond donors (Lipinski definition) is 2. The first-order valence-electron chi connectivity index (χ1n) is 11.5. The van der Waals surface area contributed by atoms with Crippen LogP contribution in [0.1, 0.15) is 63.9 Å². The molecule has 2 rings (SSSR count). The molecule has 2 N–H and O–H groups in total. The van der Waals surface area contributed by atoms with Gasteiger partial charge in [-0.15, -0.1) is 0 Å². The zero-order valence-corrected chi connectivity index (χ0v) is 18.8. The molecule has 1 aliphatic heterocycles. The van der Waals surface area contributed by atoms with Gasteiger partial charge in [0.05, 0.1) is 12.1 Å². The van der Waals surface area contributed by atoms with Crippen LogP contribution in [0.15, 0.2) is 42.5 Å². The molecule has 1 aromatic rings. The van der Waals surface area contributed by atoms with Gasteiger partial charge in [0.25, 0.3) is 5.91 Å². The molecule has 0 saturated carbocycles. The molecule has 1 amide bonds. The van der Waals surface area contributed by atoms with E-state index in [-0.39, 0.29) is 18.9 Å². The lowest BCUT2D eigenvalue weighted by atomic mass is 9.95. The number of carbonyl (C=O) groups is 2. The van der Waals surface area contributed by atoms with E-state index in [2.05, 4.69) is 12.1 Å². The second-order valence-electron chi connectivity index (χ2n) is 8.76. The van der Waals surface area contributed by atoms with Gasteiger partial charge in [-0.05, 0) is 43.6 Å². The SMILES string of the molecule is C[C@@H](CCCc1ccccc1)[C@H](O)C=CC1CC(F)(F)C(=O)N1CCCCCCC(=O)O. The van der Waals surface area contributed by atoms with Gasteiger partial charge in [-0.1, -0.05) is 62.2 Å². The van der Waals surface area contributed by atoms with Crippen LogP contribution < -0.4 is 0 Å². The number of carboxylic acid groups (broad SMARTS) is 1. The molecule has 0 aromatic heterocycles. The van der Waals surface area contributed by atoms with Crippen molar-refractivity contribution in [3.8, 4) is 0 Å². The second kappa shape index (κ2) is 12.7. The standard InChI is InChI=1S/C25H35F2NO4/c1-19(10-9-13-20-11-5-4-6-12-20)22(29)16-15-21-18-25(26,27)24(32)28(21)17-8-3-2-7-14-23(30)31/h4-6,11-12,15-16,19,21-22,29H,2-3,7-10,13-14,17-18H2,1H3,(H,30,31)/t19-,21?,22+/m0/s1. The maximum Gasteiger partial charge on any atom is 0.327 e. The summed E-state index contributed by atoms with van der Waals surface area (Å²) in [6.45, 7) is 2.14. The lowest BCUT2D eigenvalue weighted by Crippen LogP contribution is -2.36. The Kier molecular flexibility index (Phi) is 10.3. The fraction of sp³-hybridized carbons (Fsp3) is 0.600. The average molecular weight is 452 g/mol. The number of halogens is 2. The summed E-state index contributed by atoms with van der Waals surface area (Å²) in [4.78, 5) is 23.8. The summed E-state index contributed by atoms with van der Waals surface area (Å²) < 4.78 is 28.0. The first-order chi connectivity index (χ1) is 15.2. The minimum absolute atomic E-state index is 0.0183. The number of aliphatic carboxylic acids is 1. The Bertz CT molecular complexity index is 754. The van der Waals surface area contributed by atoms with Crippen molar-refractivity contribution in [2.75, 3.05) is 6.54 Å². The number of carboxylic acids is 1. The number of likely N-dealkylation sites (tertiary alicyclic amines) is 1. The van der Waals surface area contributed by atoms with Gasteiger partial charge in [0, 0.05) is 19.4 Å². The van der Waals surface area contributed by atoms with Crippen LogP contribution in [0.25, 0.3) is 0 Å². The number of amides is 1. The highest BCUT2D eigenvalue weighted by molar-refractivity contribution is 5.86. The van der Waals surface area contributed by atoms with Crippen molar-refractivity contribution in [1.82, 2.24) is 4.90 Å². The molecule has 0 aliphatic carbocycles. The Labute approximate surface area is 189 Å². The molecule has 32 heavy (non-hydrogen) atoms. The molecule has 178 valence electrons. The molecule has 0 radical (unpaired) electrons. The van der Waals surface area contributed by atoms with Crippen LogP contribution in [-0.2, 0) is 16.0 Å². The smallest absolute Gasteiger partial charge is 0.327 e. The first-order valence-corrected chi connectivity index (χ1v) is 11.5. The summed E-state index contributed by atoms with van der Waals surface area (Å²) in [5.74, 6) is -5.42. The predicted molar refractivity (Wildman–Crippen MR) is 119 cm³/mol. The summed E-state index contributed by atoms with van der Waals surface area (Å²) in [6.07, 6.45) is 6.95. The van der Waals surface area contributed by atoms with E-state index in [4.69, 9.17) is 5.11 Å². The van der Waals surface area contributed by atoms with Gasteiger partial charge < -0.3 is 15.1 Å². The molecular formula is C25H35F2NO4. The number of unbranched alkanes of at least 4 members (excludes halogenated alkanes) is 3. The second-order valence-corrected chi connectivity index (χ2v) is 8.76. The molecule has 0 spiro atoms. The van der Waals surface area contributed by atoms with E-state index in [0.717, 1.165) is 19.3 Å². The summed E-state index contributed by atoms with van der Waals surface area (Å²) in [5, 5.41) is 19.1. The van der Waals surface area contributed by atoms with Gasteiger partial charge in [0.1, 0.15) is 0 Å². The summed E-state index contributed by atoms with van der Waals surface area (Å²) >= 11 is 0. The number of aliphatic hydroxyl groups excluding tert-OH is 1. The molecule has 5 nitrogen and oxygen atoms in total. The van der Waals surface area contributed by atoms with E-state index in [1.54, 1.807) is 12.2 Å². The quantitative estimate of drug-likeness (QED) is 0.314. The summed E-state index contributed by atoms with van der Waals surface area (Å²) in [7, 11) is 0. The fourth-order valence-electron chi connectivity index (χ4n) is 4.05. The zero-order chi connectivity index (χ0) is 23.6. The lowest BCUT2D eigenvalue weighted by Gasteiger charge is -2.22. The fourth-order valence-corrected chi connectivity index (χ4v) is 4.05. The van der Waals surface area contributed by atoms with Crippen molar-refractivity contribution in [3.63, 3.8) is 0 Å². The number of hydrogen-bond acceptors (Lipinski definition) is 3. The van der Waals surface area contributed by atoms with Crippen molar-refractivity contribution in [3.05, 3.63) is 48.0 Å². The van der Waals surface area contributed by atoms with Crippen LogP contribution in [0, 0.1) is 5.92 Å². The van der Waals surface area contributed by atoms with E-state index in [9.17, 15) is 23.5 Å². The number of benzene rings is 1. The maximum atomic E-state index is 14.0. The van der Waals surface area contributed by atoms with Crippen molar-refractivity contribution in [2.45, 2.75) is 82.8 Å². The minimum Gasteiger partial charge on any atom is -0.481 e. The topological polar surface area (TPSA) is 77.8 Å². The Morgan fingerprint density at radius 3 is 2.56 bits per heavy atom. The molecule has 3 atom stereocenters. The van der Waals surface area contributed by atoms with Gasteiger partial charge in [-0.2, -0.15) is 8.78 Å². The van der Waals surface area contributed by atoms with Gasteiger partial charge >= 0.3 is 11.9 Å². The van der Waals surface area contributed by atoms with Gasteiger partial charge in [-0.3, -0.25) is 9.59 Å². The molecule has 1 unspecified atom stereocenters. The van der Waals surface area contributed by atoms with Crippen LogP contribution in [0.3, 0.4) is 0 Å². The minimum atomic E-state index is -3.38. The van der Waals surface area contributed by atoms with E-state index in [0.29, 0.717) is 25.7 Å². The van der Waals surface area contributed by atoms with E-state index in [1.165, 1.54) is 10.5 Å². The predicted octanol–water partition coefficient (Wildman–Crippen LogP) is 4.83. The number of aliphatic hydroxyl groups is 1. The molecule has 7 heteroatoms. The Morgan fingerprint density at radius 2 is 1.88 bits per heavy atom. The molecular weight excluding hydrogens is 416 g/mol. The highest BCUT2D eigenvalue weighted by Crippen LogP contribution is 2.34. The van der Waals surface area contributed by atoms with Gasteiger partial charge in [0.15, 0.2) is 0 Å². The molecule has 1 heterocycles. The van der Waals surface area contributed by atoms with Crippen LogP contribution in [0.2, 0.25) is 0 Å². The number of nitrogens with zero attached hydrogens (tertiary/aromatic N) is 1. The highest BCUT2D eigenvalue weighted by Gasteiger charge is 2.52. The largest absolute Gasteiger partial charge is 0.481 e. The van der Waals surface area contributed by atoms with Crippen LogP contribution in [-0.4, -0.2) is 51.6 Å². The lowest BCUT2D eigenvalue weighted by molar-refractivity contribution is -0.148.